The lowest BCUT2D eigenvalue weighted by atomic mass is 9.76. The van der Waals surface area contributed by atoms with E-state index in [-0.39, 0.29) is 6.10 Å². The fraction of sp³-hybridized carbons (Fsp3) is 0.700. The summed E-state index contributed by atoms with van der Waals surface area (Å²) in [5, 5.41) is 4.04. The first kappa shape index (κ1) is 19.6. The first-order valence-electron chi connectivity index (χ1n) is 9.63. The molecular formula is C20H27N3O5. The van der Waals surface area contributed by atoms with E-state index in [9.17, 15) is 0 Å². The molecule has 1 aliphatic carbocycles. The van der Waals surface area contributed by atoms with Gasteiger partial charge in [0, 0.05) is 4.91 Å². The van der Waals surface area contributed by atoms with Gasteiger partial charge in [0.05, 0.1) is 25.4 Å². The zero-order chi connectivity index (χ0) is 20.0. The largest absolute Gasteiger partial charge is 0.370 e. The maximum atomic E-state index is 9.16. The average Bonchev–Trinajstić information content (AvgIpc) is 3.12. The fourth-order valence-corrected chi connectivity index (χ4v) is 4.47. The summed E-state index contributed by atoms with van der Waals surface area (Å²) in [5.74, 6) is -1.53. The van der Waals surface area contributed by atoms with Gasteiger partial charge in [-0.1, -0.05) is 35.4 Å². The van der Waals surface area contributed by atoms with E-state index in [1.54, 1.807) is 0 Å². The molecule has 1 spiro atoms. The van der Waals surface area contributed by atoms with Crippen LogP contribution in [-0.4, -0.2) is 48.1 Å². The normalized spacial score (nSPS) is 38.1. The minimum atomic E-state index is -0.794. The quantitative estimate of drug-likeness (QED) is 0.444. The maximum Gasteiger partial charge on any atom is 0.164 e. The summed E-state index contributed by atoms with van der Waals surface area (Å²) in [6, 6.07) is 9.43. The van der Waals surface area contributed by atoms with E-state index in [0.29, 0.717) is 19.6 Å². The minimum absolute atomic E-state index is 0.351. The number of hydrogen-bond donors (Lipinski definition) is 0. The highest BCUT2D eigenvalue weighted by molar-refractivity contribution is 5.15. The summed E-state index contributed by atoms with van der Waals surface area (Å²) in [5.41, 5.74) is 9.46. The van der Waals surface area contributed by atoms with Crippen molar-refractivity contribution in [3.05, 3.63) is 46.3 Å². The van der Waals surface area contributed by atoms with Gasteiger partial charge in [0.2, 0.25) is 0 Å². The number of hydrogen-bond acceptors (Lipinski definition) is 6. The number of fused-ring (bicyclic) bond motifs is 2. The van der Waals surface area contributed by atoms with Crippen LogP contribution in [0.5, 0.6) is 0 Å². The van der Waals surface area contributed by atoms with Gasteiger partial charge in [-0.2, -0.15) is 0 Å². The molecule has 3 fully saturated rings. The molecule has 2 aliphatic heterocycles. The second-order valence-corrected chi connectivity index (χ2v) is 8.61. The lowest BCUT2D eigenvalue weighted by molar-refractivity contribution is -0.217. The van der Waals surface area contributed by atoms with E-state index < -0.39 is 35.4 Å². The van der Waals surface area contributed by atoms with Crippen LogP contribution in [0.1, 0.15) is 39.7 Å². The van der Waals surface area contributed by atoms with Crippen LogP contribution in [0.2, 0.25) is 0 Å². The van der Waals surface area contributed by atoms with Gasteiger partial charge in [0.15, 0.2) is 11.6 Å². The Bertz CT molecular complexity index is 764. The predicted octanol–water partition coefficient (Wildman–Crippen LogP) is 3.70. The van der Waals surface area contributed by atoms with Crippen molar-refractivity contribution in [3.8, 4) is 0 Å². The van der Waals surface area contributed by atoms with E-state index in [2.05, 4.69) is 10.0 Å². The third-order valence-corrected chi connectivity index (χ3v) is 5.50. The van der Waals surface area contributed by atoms with Crippen LogP contribution in [-0.2, 0) is 30.3 Å². The van der Waals surface area contributed by atoms with Crippen molar-refractivity contribution in [1.82, 2.24) is 0 Å². The highest BCUT2D eigenvalue weighted by Crippen LogP contribution is 2.50. The predicted molar refractivity (Wildman–Crippen MR) is 100 cm³/mol. The van der Waals surface area contributed by atoms with Gasteiger partial charge in [-0.05, 0) is 45.2 Å². The zero-order valence-corrected chi connectivity index (χ0v) is 16.7. The highest BCUT2D eigenvalue weighted by Gasteiger charge is 2.65. The molecule has 0 radical (unpaired) electrons. The summed E-state index contributed by atoms with van der Waals surface area (Å²) < 4.78 is 30.9. The Hall–Kier alpha value is -1.67. The molecule has 2 heterocycles. The van der Waals surface area contributed by atoms with Crippen LogP contribution in [0.3, 0.4) is 0 Å². The van der Waals surface area contributed by atoms with E-state index in [1.165, 1.54) is 0 Å². The topological polar surface area (TPSA) is 94.9 Å². The lowest BCUT2D eigenvalue weighted by Crippen LogP contribution is -2.63. The van der Waals surface area contributed by atoms with Crippen LogP contribution in [0.4, 0.5) is 0 Å². The number of azide groups is 1. The maximum absolute atomic E-state index is 9.16. The Kier molecular flexibility index (Phi) is 4.90. The molecule has 0 bridgehead atoms. The third kappa shape index (κ3) is 3.64. The second kappa shape index (κ2) is 6.99. The van der Waals surface area contributed by atoms with Gasteiger partial charge < -0.3 is 23.7 Å². The first-order chi connectivity index (χ1) is 13.2. The number of ether oxygens (including phenoxy) is 5. The zero-order valence-electron chi connectivity index (χ0n) is 16.7. The van der Waals surface area contributed by atoms with E-state index in [0.717, 1.165) is 5.56 Å². The monoisotopic (exact) mass is 389 g/mol. The molecule has 152 valence electrons. The van der Waals surface area contributed by atoms with Gasteiger partial charge >= 0.3 is 0 Å². The molecule has 0 unspecified atom stereocenters. The van der Waals surface area contributed by atoms with Crippen molar-refractivity contribution < 1.29 is 23.7 Å². The molecular weight excluding hydrogens is 362 g/mol. The number of rotatable bonds is 4. The van der Waals surface area contributed by atoms with Gasteiger partial charge in [-0.15, -0.1) is 0 Å². The first-order valence-corrected chi connectivity index (χ1v) is 9.63. The van der Waals surface area contributed by atoms with Crippen LogP contribution in [0.15, 0.2) is 35.4 Å². The van der Waals surface area contributed by atoms with Gasteiger partial charge in [0.25, 0.3) is 0 Å². The Morgan fingerprint density at radius 2 is 1.89 bits per heavy atom. The van der Waals surface area contributed by atoms with Crippen LogP contribution >= 0.6 is 0 Å². The smallest absolute Gasteiger partial charge is 0.164 e. The number of nitrogens with zero attached hydrogens (tertiary/aromatic N) is 3. The van der Waals surface area contributed by atoms with Crippen molar-refractivity contribution in [3.63, 3.8) is 0 Å². The van der Waals surface area contributed by atoms with E-state index in [4.69, 9.17) is 29.2 Å². The Balaban J connectivity index is 1.63. The van der Waals surface area contributed by atoms with Crippen molar-refractivity contribution in [2.75, 3.05) is 6.61 Å². The number of benzene rings is 1. The minimum Gasteiger partial charge on any atom is -0.370 e. The Morgan fingerprint density at radius 3 is 2.54 bits per heavy atom. The van der Waals surface area contributed by atoms with Gasteiger partial charge in [0.1, 0.15) is 17.8 Å². The van der Waals surface area contributed by atoms with Gasteiger partial charge in [-0.25, -0.2) is 0 Å². The molecule has 3 aliphatic rings. The molecule has 0 aromatic heterocycles. The van der Waals surface area contributed by atoms with Crippen molar-refractivity contribution in [1.29, 1.82) is 0 Å². The molecule has 2 saturated heterocycles. The summed E-state index contributed by atoms with van der Waals surface area (Å²) in [6.07, 6.45) is -0.808. The molecule has 8 heteroatoms. The second-order valence-electron chi connectivity index (χ2n) is 8.61. The molecule has 5 atom stereocenters. The summed E-state index contributed by atoms with van der Waals surface area (Å²) in [7, 11) is 0. The molecule has 4 rings (SSSR count). The van der Waals surface area contributed by atoms with Crippen LogP contribution in [0.25, 0.3) is 10.4 Å². The van der Waals surface area contributed by atoms with Crippen LogP contribution < -0.4 is 0 Å². The molecule has 0 N–H and O–H groups in total. The summed E-state index contributed by atoms with van der Waals surface area (Å²) in [6.45, 7) is 8.24. The van der Waals surface area contributed by atoms with Crippen molar-refractivity contribution >= 4 is 0 Å². The fourth-order valence-electron chi connectivity index (χ4n) is 4.47. The van der Waals surface area contributed by atoms with E-state index >= 15 is 0 Å². The molecule has 8 nitrogen and oxygen atoms in total. The Labute approximate surface area is 164 Å². The van der Waals surface area contributed by atoms with Crippen molar-refractivity contribution in [2.24, 2.45) is 5.11 Å². The van der Waals surface area contributed by atoms with Gasteiger partial charge in [-0.3, -0.25) is 0 Å². The van der Waals surface area contributed by atoms with Crippen LogP contribution in [0, 0.1) is 0 Å². The lowest BCUT2D eigenvalue weighted by Gasteiger charge is -2.45. The summed E-state index contributed by atoms with van der Waals surface area (Å²) >= 11 is 0. The van der Waals surface area contributed by atoms with Crippen molar-refractivity contribution in [2.45, 2.75) is 82.3 Å². The highest BCUT2D eigenvalue weighted by atomic mass is 16.8. The average molecular weight is 389 g/mol. The molecule has 0 amide bonds. The third-order valence-electron chi connectivity index (χ3n) is 5.50. The summed E-state index contributed by atoms with van der Waals surface area (Å²) in [4.78, 5) is 3.06. The standard InChI is InChI=1S/C20H27N3O5/c1-18(2)25-12-20(28-18)10-14(22-23-21)15(16-17(20)27-19(3,4)26-16)24-11-13-8-6-5-7-9-13/h5-9,14-17H,10-12H2,1-4H3/t14-,15-,16+,17-,20-/m0/s1. The van der Waals surface area contributed by atoms with E-state index in [1.807, 2.05) is 58.0 Å². The Morgan fingerprint density at radius 1 is 1.14 bits per heavy atom. The molecule has 1 saturated carbocycles. The molecule has 1 aromatic rings. The SMILES string of the molecule is CC1(C)O[C@@H]2[C@@H](OCc3ccccc3)[C@@H](N=[N+]=[N-])C[C@]3(COC(C)(C)O3)[C@H]2O1. The molecule has 1 aromatic carbocycles. The molecule has 28 heavy (non-hydrogen) atoms.